The van der Waals surface area contributed by atoms with E-state index in [0.29, 0.717) is 0 Å². The highest BCUT2D eigenvalue weighted by Crippen LogP contribution is 2.21. The van der Waals surface area contributed by atoms with Gasteiger partial charge in [0.25, 0.3) is 0 Å². The van der Waals surface area contributed by atoms with Crippen LogP contribution in [0.15, 0.2) is 24.3 Å². The van der Waals surface area contributed by atoms with Gasteiger partial charge in [-0.2, -0.15) is 0 Å². The molecule has 2 rings (SSSR count). The molecule has 1 fully saturated rings. The van der Waals surface area contributed by atoms with Gasteiger partial charge >= 0.3 is 18.2 Å². The Morgan fingerprint density at radius 2 is 1.93 bits per heavy atom. The highest BCUT2D eigenvalue weighted by Gasteiger charge is 2.18. The first-order valence-electron chi connectivity index (χ1n) is 4.79. The highest BCUT2D eigenvalue weighted by atomic mass is 79.9. The minimum absolute atomic E-state index is 0.134. The fourth-order valence-corrected chi connectivity index (χ4v) is 3.75. The summed E-state index contributed by atoms with van der Waals surface area (Å²) in [7, 11) is 0. The highest BCUT2D eigenvalue weighted by molar-refractivity contribution is 9.23. The minimum atomic E-state index is -0.330. The van der Waals surface area contributed by atoms with Crippen LogP contribution in [0, 0.1) is 0 Å². The minimum Gasteiger partial charge on any atom is -0.348 e. The normalized spacial score (nSPS) is 17.8. The van der Waals surface area contributed by atoms with Crippen LogP contribution in [-0.2, 0) is 9.47 Å². The van der Waals surface area contributed by atoms with Crippen LogP contribution in [0.5, 0.6) is 0 Å². The van der Waals surface area contributed by atoms with Crippen molar-refractivity contribution in [3.63, 3.8) is 0 Å². The smallest absolute Gasteiger partial charge is 0.348 e. The first kappa shape index (κ1) is 10.9. The Hall–Kier alpha value is 0.386. The fourth-order valence-electron chi connectivity index (χ4n) is 1.55. The Morgan fingerprint density at radius 1 is 1.21 bits per heavy atom. The molecule has 0 N–H and O–H groups in total. The third-order valence-corrected chi connectivity index (χ3v) is 5.02. The lowest BCUT2D eigenvalue weighted by molar-refractivity contribution is -0.182. The second-order valence-corrected chi connectivity index (χ2v) is 5.97. The summed E-state index contributed by atoms with van der Waals surface area (Å²) in [5, 5.41) is 0. The van der Waals surface area contributed by atoms with Crippen LogP contribution in [0.3, 0.4) is 0 Å². The molecule has 1 heterocycles. The number of hydrogen-bond donors (Lipinski definition) is 0. The van der Waals surface area contributed by atoms with Gasteiger partial charge in [0.2, 0.25) is 0 Å². The quantitative estimate of drug-likeness (QED) is 0.760. The van der Waals surface area contributed by atoms with Crippen LogP contribution in [0.2, 0.25) is 0 Å². The summed E-state index contributed by atoms with van der Waals surface area (Å²) in [4.78, 5) is 0. The molecule has 72 valence electrons. The van der Waals surface area contributed by atoms with E-state index in [4.69, 9.17) is 9.47 Å². The second kappa shape index (κ2) is 5.46. The molecular weight excluding hydrogens is 256 g/mol. The van der Waals surface area contributed by atoms with E-state index < -0.39 is 0 Å². The number of halogens is 1. The molecule has 1 aliphatic heterocycles. The standard InChI is InChI=1S/C10H11O2.BrH.Mg/c1-2-5-9(6-3-1)10-11-7-4-8-12-10;;/h1-3,5,10H,4,7-8H2;1H;/q;;+1/p-1. The van der Waals surface area contributed by atoms with Gasteiger partial charge in [0.05, 0.1) is 13.2 Å². The summed E-state index contributed by atoms with van der Waals surface area (Å²) < 4.78 is 12.5. The van der Waals surface area contributed by atoms with E-state index in [0.717, 1.165) is 19.6 Å². The molecule has 2 nitrogen and oxygen atoms in total. The summed E-state index contributed by atoms with van der Waals surface area (Å²) in [6, 6.07) is 8.35. The van der Waals surface area contributed by atoms with Gasteiger partial charge in [0.1, 0.15) is 0 Å². The zero-order valence-electron chi connectivity index (χ0n) is 7.91. The van der Waals surface area contributed by atoms with Gasteiger partial charge in [-0.05, 0) is 12.0 Å². The van der Waals surface area contributed by atoms with Gasteiger partial charge in [-0.25, -0.2) is 0 Å². The van der Waals surface area contributed by atoms with Crippen molar-refractivity contribution in [3.05, 3.63) is 29.8 Å². The molecule has 14 heavy (non-hydrogen) atoms. The van der Waals surface area contributed by atoms with Gasteiger partial charge in [0, 0.05) is 0 Å². The SMILES string of the molecule is [Br][Mg][c]1ccccc1C1OCCCO1. The van der Waals surface area contributed by atoms with Crippen LogP contribution in [0.25, 0.3) is 0 Å². The number of hydrogen-bond acceptors (Lipinski definition) is 2. The molecule has 0 atom stereocenters. The van der Waals surface area contributed by atoms with E-state index in [1.807, 2.05) is 6.07 Å². The first-order valence-corrected chi connectivity index (χ1v) is 9.39. The van der Waals surface area contributed by atoms with Gasteiger partial charge in [0.15, 0.2) is 6.29 Å². The van der Waals surface area contributed by atoms with Crippen LogP contribution < -0.4 is 3.69 Å². The Labute approximate surface area is 99.6 Å². The van der Waals surface area contributed by atoms with E-state index in [1.54, 1.807) is 0 Å². The van der Waals surface area contributed by atoms with E-state index >= 15 is 0 Å². The molecule has 0 aromatic heterocycles. The van der Waals surface area contributed by atoms with Crippen molar-refractivity contribution >= 4 is 34.8 Å². The maximum absolute atomic E-state index is 5.59. The number of ether oxygens (including phenoxy) is 2. The predicted octanol–water partition coefficient (Wildman–Crippen LogP) is 1.76. The average Bonchev–Trinajstić information content (AvgIpc) is 2.30. The third kappa shape index (κ3) is 2.49. The predicted molar refractivity (Wildman–Crippen MR) is 60.0 cm³/mol. The lowest BCUT2D eigenvalue weighted by Gasteiger charge is -2.25. The lowest BCUT2D eigenvalue weighted by atomic mass is 10.2. The summed E-state index contributed by atoms with van der Waals surface area (Å²) >= 11 is 3.27. The number of rotatable bonds is 2. The van der Waals surface area contributed by atoms with Crippen molar-refractivity contribution < 1.29 is 9.47 Å². The van der Waals surface area contributed by atoms with E-state index in [9.17, 15) is 0 Å². The van der Waals surface area contributed by atoms with Crippen molar-refractivity contribution in [1.82, 2.24) is 0 Å². The molecule has 1 aromatic rings. The van der Waals surface area contributed by atoms with E-state index in [1.165, 1.54) is 9.26 Å². The largest absolute Gasteiger partial charge is 0.507 e. The Morgan fingerprint density at radius 3 is 2.64 bits per heavy atom. The Kier molecular flexibility index (Phi) is 4.25. The molecule has 0 saturated carbocycles. The van der Waals surface area contributed by atoms with Crippen molar-refractivity contribution in [2.45, 2.75) is 12.7 Å². The lowest BCUT2D eigenvalue weighted by Crippen LogP contribution is -2.25. The molecule has 0 spiro atoms. The molecule has 1 saturated heterocycles. The molecular formula is C10H11BrMgO2. The van der Waals surface area contributed by atoms with Gasteiger partial charge in [-0.15, -0.1) is 3.69 Å². The first-order chi connectivity index (χ1) is 6.92. The summed E-state index contributed by atoms with van der Waals surface area (Å²) in [5.41, 5.74) is 1.20. The van der Waals surface area contributed by atoms with Gasteiger partial charge in [-0.3, -0.25) is 12.9 Å². The second-order valence-electron chi connectivity index (χ2n) is 3.26. The molecule has 0 unspecified atom stereocenters. The van der Waals surface area contributed by atoms with Crippen LogP contribution in [0.1, 0.15) is 18.3 Å². The zero-order chi connectivity index (χ0) is 9.80. The van der Waals surface area contributed by atoms with Gasteiger partial charge < -0.3 is 9.47 Å². The van der Waals surface area contributed by atoms with Crippen molar-refractivity contribution in [3.8, 4) is 0 Å². The van der Waals surface area contributed by atoms with Crippen LogP contribution >= 0.6 is 12.9 Å². The van der Waals surface area contributed by atoms with Crippen molar-refractivity contribution in [2.75, 3.05) is 13.2 Å². The van der Waals surface area contributed by atoms with Crippen molar-refractivity contribution in [2.24, 2.45) is 0 Å². The van der Waals surface area contributed by atoms with Crippen LogP contribution in [-0.4, -0.2) is 31.4 Å². The fraction of sp³-hybridized carbons (Fsp3) is 0.400. The monoisotopic (exact) mass is 266 g/mol. The molecule has 0 bridgehead atoms. The Bertz CT molecular complexity index is 300. The maximum Gasteiger partial charge on any atom is 0.507 e. The average molecular weight is 267 g/mol. The van der Waals surface area contributed by atoms with Gasteiger partial charge in [-0.1, -0.05) is 24.3 Å². The van der Waals surface area contributed by atoms with Crippen LogP contribution in [0.4, 0.5) is 0 Å². The summed E-state index contributed by atoms with van der Waals surface area (Å²) in [6.07, 6.45) is 0.870. The topological polar surface area (TPSA) is 18.5 Å². The molecule has 1 aliphatic rings. The third-order valence-electron chi connectivity index (χ3n) is 2.28. The molecule has 1 aromatic carbocycles. The van der Waals surface area contributed by atoms with Crippen molar-refractivity contribution in [1.29, 1.82) is 0 Å². The summed E-state index contributed by atoms with van der Waals surface area (Å²) in [5.74, 6) is 0. The molecule has 4 heteroatoms. The Balaban J connectivity index is 2.20. The zero-order valence-corrected chi connectivity index (χ0v) is 10.9. The summed E-state index contributed by atoms with van der Waals surface area (Å²) in [6.45, 7) is 1.62. The number of benzene rings is 1. The molecule has 0 radical (unpaired) electrons. The maximum atomic E-state index is 5.59. The van der Waals surface area contributed by atoms with E-state index in [2.05, 4.69) is 31.1 Å². The molecule has 0 aliphatic carbocycles. The molecule has 0 amide bonds. The van der Waals surface area contributed by atoms with E-state index in [-0.39, 0.29) is 24.5 Å².